The smallest absolute Gasteiger partial charge is 0.244 e. The molecule has 0 aliphatic rings. The van der Waals surface area contributed by atoms with E-state index in [0.717, 1.165) is 12.8 Å². The van der Waals surface area contributed by atoms with Gasteiger partial charge in [-0.05, 0) is 39.5 Å². The quantitative estimate of drug-likeness (QED) is 0.762. The molecule has 0 bridgehead atoms. The van der Waals surface area contributed by atoms with Gasteiger partial charge < -0.3 is 5.11 Å². The van der Waals surface area contributed by atoms with Crippen LogP contribution in [0.4, 0.5) is 0 Å². The predicted octanol–water partition coefficient (Wildman–Crippen LogP) is 1.60. The third kappa shape index (κ3) is 4.79. The highest BCUT2D eigenvalue weighted by Crippen LogP contribution is 2.20. The molecule has 1 rings (SSSR count). The molecule has 0 aromatic carbocycles. The van der Waals surface area contributed by atoms with E-state index in [9.17, 15) is 8.42 Å². The molecule has 1 unspecified atom stereocenters. The number of nitrogens with one attached hydrogen (secondary N) is 1. The summed E-state index contributed by atoms with van der Waals surface area (Å²) < 4.78 is 29.3. The third-order valence-electron chi connectivity index (χ3n) is 3.43. The first kappa shape index (κ1) is 18.1. The number of rotatable bonds is 8. The molecule has 0 spiro atoms. The van der Waals surface area contributed by atoms with Gasteiger partial charge in [-0.3, -0.25) is 4.68 Å². The van der Waals surface area contributed by atoms with Crippen molar-refractivity contribution in [3.8, 4) is 0 Å². The summed E-state index contributed by atoms with van der Waals surface area (Å²) >= 11 is 0. The predicted molar refractivity (Wildman–Crippen MR) is 82.6 cm³/mol. The molecule has 0 aliphatic carbocycles. The van der Waals surface area contributed by atoms with Crippen LogP contribution in [-0.4, -0.2) is 36.0 Å². The first-order chi connectivity index (χ1) is 9.69. The number of aromatic nitrogens is 2. The molecule has 6 nitrogen and oxygen atoms in total. The number of aryl methyl sites for hydroxylation is 1. The van der Waals surface area contributed by atoms with E-state index in [4.69, 9.17) is 5.11 Å². The topological polar surface area (TPSA) is 84.2 Å². The fourth-order valence-corrected chi connectivity index (χ4v) is 4.04. The Morgan fingerprint density at radius 3 is 2.38 bits per heavy atom. The molecule has 0 saturated carbocycles. The van der Waals surface area contributed by atoms with Crippen molar-refractivity contribution in [3.63, 3.8) is 0 Å². The van der Waals surface area contributed by atoms with Crippen LogP contribution in [0.15, 0.2) is 4.90 Å². The summed E-state index contributed by atoms with van der Waals surface area (Å²) in [6.07, 6.45) is 1.78. The Labute approximate surface area is 127 Å². The maximum absolute atomic E-state index is 12.5. The van der Waals surface area contributed by atoms with Crippen LogP contribution in [0.3, 0.4) is 0 Å². The number of hydrogen-bond donors (Lipinski definition) is 2. The van der Waals surface area contributed by atoms with E-state index >= 15 is 0 Å². The summed E-state index contributed by atoms with van der Waals surface area (Å²) in [6, 6.07) is -0.114. The normalized spacial score (nSPS) is 13.9. The van der Waals surface area contributed by atoms with Crippen molar-refractivity contribution in [1.29, 1.82) is 0 Å². The number of nitrogens with zero attached hydrogens (tertiary/aromatic N) is 2. The minimum absolute atomic E-state index is 0.0698. The monoisotopic (exact) mass is 317 g/mol. The van der Waals surface area contributed by atoms with Crippen LogP contribution in [0.5, 0.6) is 0 Å². The van der Waals surface area contributed by atoms with Gasteiger partial charge in [0.1, 0.15) is 4.90 Å². The van der Waals surface area contributed by atoms with Gasteiger partial charge in [0.15, 0.2) is 0 Å². The lowest BCUT2D eigenvalue weighted by Crippen LogP contribution is -2.33. The molecule has 0 aliphatic heterocycles. The summed E-state index contributed by atoms with van der Waals surface area (Å²) in [5.74, 6) is 0.549. The minimum atomic E-state index is -3.58. The summed E-state index contributed by atoms with van der Waals surface area (Å²) in [6.45, 7) is 9.73. The van der Waals surface area contributed by atoms with Crippen LogP contribution in [0.2, 0.25) is 0 Å². The first-order valence-electron chi connectivity index (χ1n) is 7.36. The van der Waals surface area contributed by atoms with Gasteiger partial charge in [-0.1, -0.05) is 13.8 Å². The minimum Gasteiger partial charge on any atom is -0.394 e. The lowest BCUT2D eigenvalue weighted by atomic mass is 10.1. The standard InChI is InChI=1S/C14H27N3O3S/c1-10(2)6-7-11(3)16-21(19,20)14-12(4)15-17(8-9-18)13(14)5/h10-11,16,18H,6-9H2,1-5H3. The van der Waals surface area contributed by atoms with Crippen LogP contribution < -0.4 is 4.72 Å². The van der Waals surface area contributed by atoms with Crippen LogP contribution in [0, 0.1) is 19.8 Å². The lowest BCUT2D eigenvalue weighted by molar-refractivity contribution is 0.267. The highest BCUT2D eigenvalue weighted by molar-refractivity contribution is 7.89. The second-order valence-electron chi connectivity index (χ2n) is 5.94. The molecule has 122 valence electrons. The van der Waals surface area contributed by atoms with E-state index in [0.29, 0.717) is 23.9 Å². The van der Waals surface area contributed by atoms with E-state index in [2.05, 4.69) is 23.7 Å². The number of aliphatic hydroxyl groups excluding tert-OH is 1. The summed E-state index contributed by atoms with van der Waals surface area (Å²) in [7, 11) is -3.58. The maximum Gasteiger partial charge on any atom is 0.244 e. The summed E-state index contributed by atoms with van der Waals surface area (Å²) in [5, 5.41) is 13.2. The Kier molecular flexibility index (Phi) is 6.37. The molecule has 1 aromatic rings. The first-order valence-corrected chi connectivity index (χ1v) is 8.84. The van der Waals surface area contributed by atoms with Gasteiger partial charge in [-0.2, -0.15) is 5.10 Å². The molecule has 7 heteroatoms. The van der Waals surface area contributed by atoms with E-state index in [1.807, 2.05) is 6.92 Å². The molecule has 1 atom stereocenters. The largest absolute Gasteiger partial charge is 0.394 e. The van der Waals surface area contributed by atoms with Gasteiger partial charge in [0.2, 0.25) is 10.0 Å². The Morgan fingerprint density at radius 1 is 1.24 bits per heavy atom. The van der Waals surface area contributed by atoms with Crippen LogP contribution in [0.25, 0.3) is 0 Å². The highest BCUT2D eigenvalue weighted by Gasteiger charge is 2.25. The average molecular weight is 317 g/mol. The van der Waals surface area contributed by atoms with Crippen molar-refractivity contribution >= 4 is 10.0 Å². The molecule has 1 heterocycles. The molecular weight excluding hydrogens is 290 g/mol. The van der Waals surface area contributed by atoms with E-state index in [1.54, 1.807) is 13.8 Å². The van der Waals surface area contributed by atoms with Gasteiger partial charge >= 0.3 is 0 Å². The van der Waals surface area contributed by atoms with E-state index in [-0.39, 0.29) is 17.5 Å². The average Bonchev–Trinajstić information content (AvgIpc) is 2.62. The zero-order valence-electron chi connectivity index (χ0n) is 13.5. The van der Waals surface area contributed by atoms with Crippen molar-refractivity contribution < 1.29 is 13.5 Å². The van der Waals surface area contributed by atoms with Crippen LogP contribution >= 0.6 is 0 Å². The Morgan fingerprint density at radius 2 is 1.86 bits per heavy atom. The van der Waals surface area contributed by atoms with Crippen molar-refractivity contribution in [2.24, 2.45) is 5.92 Å². The lowest BCUT2D eigenvalue weighted by Gasteiger charge is -2.15. The molecule has 0 fully saturated rings. The zero-order chi connectivity index (χ0) is 16.2. The summed E-state index contributed by atoms with van der Waals surface area (Å²) in [4.78, 5) is 0.229. The second kappa shape index (κ2) is 7.38. The van der Waals surface area contributed by atoms with Crippen molar-refractivity contribution in [3.05, 3.63) is 11.4 Å². The van der Waals surface area contributed by atoms with Crippen molar-refractivity contribution in [2.75, 3.05) is 6.61 Å². The van der Waals surface area contributed by atoms with Crippen LogP contribution in [-0.2, 0) is 16.6 Å². The van der Waals surface area contributed by atoms with Crippen molar-refractivity contribution in [1.82, 2.24) is 14.5 Å². The number of sulfonamides is 1. The molecule has 0 saturated heterocycles. The number of aliphatic hydroxyl groups is 1. The summed E-state index contributed by atoms with van der Waals surface area (Å²) in [5.41, 5.74) is 1.02. The highest BCUT2D eigenvalue weighted by atomic mass is 32.2. The van der Waals surface area contributed by atoms with E-state index in [1.165, 1.54) is 4.68 Å². The third-order valence-corrected chi connectivity index (χ3v) is 5.27. The fraction of sp³-hybridized carbons (Fsp3) is 0.786. The van der Waals surface area contributed by atoms with Gasteiger partial charge in [0, 0.05) is 6.04 Å². The van der Waals surface area contributed by atoms with Gasteiger partial charge in [-0.25, -0.2) is 13.1 Å². The van der Waals surface area contributed by atoms with Gasteiger partial charge in [0.25, 0.3) is 0 Å². The van der Waals surface area contributed by atoms with Gasteiger partial charge in [-0.15, -0.1) is 0 Å². The van der Waals surface area contributed by atoms with Crippen molar-refractivity contribution in [2.45, 2.75) is 64.9 Å². The SMILES string of the molecule is Cc1nn(CCO)c(C)c1S(=O)(=O)NC(C)CCC(C)C. The molecule has 2 N–H and O–H groups in total. The molecule has 0 amide bonds. The molecule has 1 aromatic heterocycles. The second-order valence-corrected chi connectivity index (χ2v) is 7.59. The zero-order valence-corrected chi connectivity index (χ0v) is 14.4. The molecule has 0 radical (unpaired) electrons. The van der Waals surface area contributed by atoms with E-state index < -0.39 is 10.0 Å². The maximum atomic E-state index is 12.5. The fourth-order valence-electron chi connectivity index (χ4n) is 2.35. The number of hydrogen-bond acceptors (Lipinski definition) is 4. The Balaban J connectivity index is 2.93. The molecular formula is C14H27N3O3S. The Hall–Kier alpha value is -0.920. The Bertz CT molecular complexity index is 564. The van der Waals surface area contributed by atoms with Crippen LogP contribution in [0.1, 0.15) is 45.0 Å². The van der Waals surface area contributed by atoms with Gasteiger partial charge in [0.05, 0.1) is 24.5 Å². The molecule has 21 heavy (non-hydrogen) atoms.